The summed E-state index contributed by atoms with van der Waals surface area (Å²) in [5.74, 6) is -2.22. The molecule has 2 amide bonds. The van der Waals surface area contributed by atoms with Gasteiger partial charge < -0.3 is 4.84 Å². The molecule has 2 aromatic carbocycles. The molecule has 0 aliphatic carbocycles. The van der Waals surface area contributed by atoms with Gasteiger partial charge in [-0.15, -0.1) is 0 Å². The Hall–Kier alpha value is 1.16. The van der Waals surface area contributed by atoms with Crippen LogP contribution in [0.2, 0.25) is 0 Å². The van der Waals surface area contributed by atoms with E-state index in [1.165, 1.54) is 0 Å². The second kappa shape index (κ2) is 8.72. The molecule has 0 unspecified atom stereocenters. The lowest BCUT2D eigenvalue weighted by Gasteiger charge is -2.14. The summed E-state index contributed by atoms with van der Waals surface area (Å²) in [7, 11) is 0. The van der Waals surface area contributed by atoms with Crippen molar-refractivity contribution in [3.63, 3.8) is 0 Å². The third kappa shape index (κ3) is 3.93. The van der Waals surface area contributed by atoms with E-state index in [4.69, 9.17) is 4.84 Å². The van der Waals surface area contributed by atoms with Crippen molar-refractivity contribution in [1.82, 2.24) is 5.06 Å². The van der Waals surface area contributed by atoms with Gasteiger partial charge in [0.2, 0.25) is 0 Å². The lowest BCUT2D eigenvalue weighted by Crippen LogP contribution is -2.33. The number of fused-ring (bicyclic) bond motifs is 1. The summed E-state index contributed by atoms with van der Waals surface area (Å²) in [6.07, 6.45) is 0. The van der Waals surface area contributed by atoms with Crippen molar-refractivity contribution in [1.29, 1.82) is 0 Å². The van der Waals surface area contributed by atoms with Crippen molar-refractivity contribution in [2.45, 2.75) is 0 Å². The Kier molecular flexibility index (Phi) is 7.38. The van der Waals surface area contributed by atoms with Gasteiger partial charge in [-0.25, -0.2) is 4.79 Å². The van der Waals surface area contributed by atoms with E-state index in [2.05, 4.69) is 86.3 Å². The average Bonchev–Trinajstić information content (AvgIpc) is 2.86. The number of imide groups is 1. The van der Waals surface area contributed by atoms with Gasteiger partial charge in [0.1, 0.15) is 0 Å². The molecule has 0 spiro atoms. The average molecular weight is 961 g/mol. The van der Waals surface area contributed by atoms with Crippen LogP contribution in [0.25, 0.3) is 0 Å². The van der Waals surface area contributed by atoms with E-state index in [0.717, 1.165) is 3.57 Å². The Balaban J connectivity index is 2.04. The molecule has 5 nitrogen and oxygen atoms in total. The van der Waals surface area contributed by atoms with E-state index in [9.17, 15) is 14.4 Å². The molecular formula is C15H2Br4I3NO4. The highest BCUT2D eigenvalue weighted by molar-refractivity contribution is 14.1. The fourth-order valence-corrected chi connectivity index (χ4v) is 7.04. The number of hydroxylamine groups is 2. The third-order valence-electron chi connectivity index (χ3n) is 3.49. The van der Waals surface area contributed by atoms with E-state index in [0.29, 0.717) is 35.7 Å². The highest BCUT2D eigenvalue weighted by atomic mass is 127. The summed E-state index contributed by atoms with van der Waals surface area (Å²) >= 11 is 19.5. The monoisotopic (exact) mass is 956 g/mol. The third-order valence-corrected chi connectivity index (χ3v) is 12.2. The van der Waals surface area contributed by atoms with Gasteiger partial charge in [0.25, 0.3) is 11.8 Å². The number of hydrogen-bond acceptors (Lipinski definition) is 4. The number of benzene rings is 2. The molecule has 2 aromatic rings. The van der Waals surface area contributed by atoms with Crippen LogP contribution in [0.5, 0.6) is 0 Å². The number of amides is 2. The van der Waals surface area contributed by atoms with Gasteiger partial charge in [0, 0.05) is 28.6 Å². The Morgan fingerprint density at radius 1 is 0.815 bits per heavy atom. The zero-order valence-electron chi connectivity index (χ0n) is 12.4. The topological polar surface area (TPSA) is 63.7 Å². The first-order chi connectivity index (χ1) is 12.6. The minimum atomic E-state index is -0.776. The quantitative estimate of drug-likeness (QED) is 0.142. The van der Waals surface area contributed by atoms with Crippen molar-refractivity contribution < 1.29 is 19.2 Å². The van der Waals surface area contributed by atoms with Crippen LogP contribution in [0.4, 0.5) is 0 Å². The Morgan fingerprint density at radius 3 is 1.74 bits per heavy atom. The maximum absolute atomic E-state index is 12.8. The zero-order chi connectivity index (χ0) is 20.2. The minimum absolute atomic E-state index is 0.113. The van der Waals surface area contributed by atoms with Crippen LogP contribution in [-0.4, -0.2) is 22.8 Å². The molecule has 1 heterocycles. The summed E-state index contributed by atoms with van der Waals surface area (Å²) in [4.78, 5) is 43.5. The number of rotatable bonds is 2. The molecule has 12 heteroatoms. The fraction of sp³-hybridized carbons (Fsp3) is 0. The van der Waals surface area contributed by atoms with E-state index >= 15 is 0 Å². The minimum Gasteiger partial charge on any atom is -0.324 e. The summed E-state index contributed by atoms with van der Waals surface area (Å²) in [5, 5.41) is 0.493. The molecular weight excluding hydrogens is 958 g/mol. The molecule has 0 N–H and O–H groups in total. The molecule has 1 aliphatic heterocycles. The Morgan fingerprint density at radius 2 is 1.26 bits per heavy atom. The van der Waals surface area contributed by atoms with Crippen LogP contribution < -0.4 is 0 Å². The lowest BCUT2D eigenvalue weighted by atomic mass is 10.1. The first-order valence-corrected chi connectivity index (χ1v) is 13.1. The van der Waals surface area contributed by atoms with Crippen LogP contribution in [0, 0.1) is 10.7 Å². The maximum atomic E-state index is 12.8. The van der Waals surface area contributed by atoms with Crippen molar-refractivity contribution in [3.8, 4) is 0 Å². The summed E-state index contributed by atoms with van der Waals surface area (Å²) in [6, 6.07) is 3.64. The van der Waals surface area contributed by atoms with Gasteiger partial charge in [0.05, 0.1) is 16.7 Å². The van der Waals surface area contributed by atoms with Crippen LogP contribution in [-0.2, 0) is 4.84 Å². The first-order valence-electron chi connectivity index (χ1n) is 6.68. The fourth-order valence-electron chi connectivity index (χ4n) is 2.25. The zero-order valence-corrected chi connectivity index (χ0v) is 25.2. The van der Waals surface area contributed by atoms with Gasteiger partial charge in [-0.3, -0.25) is 9.59 Å². The molecule has 140 valence electrons. The lowest BCUT2D eigenvalue weighted by molar-refractivity contribution is -0.0586. The van der Waals surface area contributed by atoms with Crippen LogP contribution in [0.1, 0.15) is 31.1 Å². The van der Waals surface area contributed by atoms with Crippen LogP contribution in [0.3, 0.4) is 0 Å². The van der Waals surface area contributed by atoms with Gasteiger partial charge in [-0.2, -0.15) is 0 Å². The molecule has 3 rings (SSSR count). The van der Waals surface area contributed by atoms with Gasteiger partial charge >= 0.3 is 5.97 Å². The standard InChI is InChI=1S/C15H2Br4I3NO4/c16-8-6-7(9(17)11(19)10(8)18)14(25)23(13(6)24)27-15(26)5-3(20)1-2-4(21)12(5)22/h1-2H. The van der Waals surface area contributed by atoms with Crippen molar-refractivity contribution in [3.05, 3.63) is 57.4 Å². The molecule has 1 aliphatic rings. The van der Waals surface area contributed by atoms with E-state index in [1.807, 2.05) is 51.2 Å². The Bertz CT molecular complexity index is 1010. The SMILES string of the molecule is O=C(ON1C(=O)c2c(Br)c(Br)c(Br)c(Br)c2C1=O)c1c(I)ccc(I)c1I. The number of hydrogen-bond donors (Lipinski definition) is 0. The molecule has 0 radical (unpaired) electrons. The van der Waals surface area contributed by atoms with Crippen molar-refractivity contribution >= 4 is 149 Å². The van der Waals surface area contributed by atoms with Gasteiger partial charge in [-0.1, -0.05) is 5.06 Å². The summed E-state index contributed by atoms with van der Waals surface area (Å²) < 4.78 is 4.11. The molecule has 0 saturated carbocycles. The molecule has 27 heavy (non-hydrogen) atoms. The van der Waals surface area contributed by atoms with Crippen LogP contribution >= 0.6 is 131 Å². The van der Waals surface area contributed by atoms with Crippen molar-refractivity contribution in [2.24, 2.45) is 0 Å². The van der Waals surface area contributed by atoms with Gasteiger partial charge in [0.15, 0.2) is 0 Å². The summed E-state index contributed by atoms with van der Waals surface area (Å²) in [6.45, 7) is 0. The summed E-state index contributed by atoms with van der Waals surface area (Å²) in [5.41, 5.74) is 0.531. The predicted octanol–water partition coefficient (Wildman–Crippen LogP) is 6.92. The van der Waals surface area contributed by atoms with E-state index < -0.39 is 17.8 Å². The largest absolute Gasteiger partial charge is 0.366 e. The van der Waals surface area contributed by atoms with E-state index in [-0.39, 0.29) is 11.1 Å². The highest BCUT2D eigenvalue weighted by Gasteiger charge is 2.44. The van der Waals surface area contributed by atoms with Crippen LogP contribution in [0.15, 0.2) is 30.0 Å². The predicted molar refractivity (Wildman–Crippen MR) is 138 cm³/mol. The number of nitrogens with zero attached hydrogens (tertiary/aromatic N) is 1. The Labute approximate surface area is 227 Å². The van der Waals surface area contributed by atoms with E-state index in [1.54, 1.807) is 6.07 Å². The van der Waals surface area contributed by atoms with Gasteiger partial charge in [-0.05, 0) is 144 Å². The second-order valence-corrected chi connectivity index (χ2v) is 11.6. The second-order valence-electron chi connectivity index (χ2n) is 5.01. The number of carbonyl (C=O) groups excluding carboxylic acids is 3. The van der Waals surface area contributed by atoms with Crippen molar-refractivity contribution in [2.75, 3.05) is 0 Å². The first kappa shape index (κ1) is 22.8. The molecule has 0 aromatic heterocycles. The number of carbonyl (C=O) groups is 3. The normalized spacial score (nSPS) is 13.2. The molecule has 0 bridgehead atoms. The molecule has 0 atom stereocenters. The molecule has 0 fully saturated rings. The molecule has 0 saturated heterocycles. The highest BCUT2D eigenvalue weighted by Crippen LogP contribution is 2.45. The maximum Gasteiger partial charge on any atom is 0.366 e. The number of halogens is 7. The smallest absolute Gasteiger partial charge is 0.324 e.